The Morgan fingerprint density at radius 1 is 0.714 bits per heavy atom. The number of hydrogen-bond donors (Lipinski definition) is 0. The van der Waals surface area contributed by atoms with Gasteiger partial charge in [0.05, 0.1) is 14.4 Å². The summed E-state index contributed by atoms with van der Waals surface area (Å²) in [5, 5.41) is 0. The lowest BCUT2D eigenvalue weighted by Crippen LogP contribution is -1.80. The topological polar surface area (TPSA) is 0 Å². The molecule has 0 fully saturated rings. The first kappa shape index (κ1) is 15.4. The summed E-state index contributed by atoms with van der Waals surface area (Å²) in [6, 6.07) is 6.37. The van der Waals surface area contributed by atoms with E-state index >= 15 is 0 Å². The van der Waals surface area contributed by atoms with E-state index in [1.807, 2.05) is 0 Å². The molecule has 82 valence electrons. The zero-order chi connectivity index (χ0) is 11.4. The second kappa shape index (κ2) is 11.9. The maximum absolute atomic E-state index is 11.9. The lowest BCUT2D eigenvalue weighted by molar-refractivity contribution is 0.479. The van der Waals surface area contributed by atoms with Gasteiger partial charge in [-0.25, -0.2) is 8.78 Å². The van der Waals surface area contributed by atoms with E-state index < -0.39 is 13.3 Å². The van der Waals surface area contributed by atoms with Gasteiger partial charge in [-0.3, -0.25) is 8.78 Å². The lowest BCUT2D eigenvalue weighted by Gasteiger charge is -1.94. The van der Waals surface area contributed by atoms with Gasteiger partial charge in [0, 0.05) is 0 Å². The minimum absolute atomic E-state index is 0.480. The van der Waals surface area contributed by atoms with Gasteiger partial charge in [-0.15, -0.1) is 0 Å². The zero-order valence-electron chi connectivity index (χ0n) is 8.24. The van der Waals surface area contributed by atoms with Crippen LogP contribution < -0.4 is 0 Å². The van der Waals surface area contributed by atoms with Crippen molar-refractivity contribution < 1.29 is 17.6 Å². The Morgan fingerprint density at radius 3 is 1.07 bits per heavy atom. The molecule has 0 aliphatic heterocycles. The van der Waals surface area contributed by atoms with E-state index in [9.17, 15) is 17.6 Å². The van der Waals surface area contributed by atoms with E-state index in [1.165, 1.54) is 0 Å². The average molecular weight is 210 g/mol. The monoisotopic (exact) mass is 210 g/mol. The second-order valence-corrected chi connectivity index (χ2v) is 2.08. The number of halogens is 4. The van der Waals surface area contributed by atoms with E-state index in [0.29, 0.717) is 25.5 Å². The van der Waals surface area contributed by atoms with Crippen LogP contribution in [0.1, 0.15) is 11.1 Å². The summed E-state index contributed by atoms with van der Waals surface area (Å²) >= 11 is 0. The second-order valence-electron chi connectivity index (χ2n) is 2.08. The predicted molar refractivity (Wildman–Crippen MR) is 50.1 cm³/mol. The van der Waals surface area contributed by atoms with Crippen molar-refractivity contribution in [3.05, 3.63) is 35.4 Å². The van der Waals surface area contributed by atoms with Gasteiger partial charge in [-0.2, -0.15) is 0 Å². The van der Waals surface area contributed by atoms with Crippen molar-refractivity contribution in [1.82, 2.24) is 0 Å². The highest BCUT2D eigenvalue weighted by Crippen LogP contribution is 2.06. The highest BCUT2D eigenvalue weighted by atomic mass is 19.1. The minimum Gasteiger partial charge on any atom is -0.255 e. The number of alkyl halides is 4. The van der Waals surface area contributed by atoms with E-state index in [4.69, 9.17) is 0 Å². The fourth-order valence-electron chi connectivity index (χ4n) is 0.717. The molecule has 0 saturated carbocycles. The largest absolute Gasteiger partial charge is 0.255 e. The molecule has 0 radical (unpaired) electrons. The van der Waals surface area contributed by atoms with Crippen molar-refractivity contribution in [2.45, 2.75) is 13.3 Å². The molecule has 0 spiro atoms. The summed E-state index contributed by atoms with van der Waals surface area (Å²) < 4.78 is 42.7. The molecule has 1 aromatic carbocycles. The Labute approximate surface area is 81.6 Å². The van der Waals surface area contributed by atoms with Crippen molar-refractivity contribution in [3.63, 3.8) is 0 Å². The molecule has 0 nitrogen and oxygen atoms in total. The fraction of sp³-hybridized carbons (Fsp3) is 0.400. The molecule has 0 aromatic heterocycles. The first-order valence-corrected chi connectivity index (χ1v) is 3.82. The Hall–Kier alpha value is -1.06. The Bertz CT molecular complexity index is 173. The molecule has 0 N–H and O–H groups in total. The van der Waals surface area contributed by atoms with E-state index in [1.54, 1.807) is 24.3 Å². The van der Waals surface area contributed by atoms with Crippen molar-refractivity contribution in [3.8, 4) is 0 Å². The van der Waals surface area contributed by atoms with Crippen LogP contribution in [-0.4, -0.2) is 14.4 Å². The highest BCUT2D eigenvalue weighted by molar-refractivity contribution is 5.21. The highest BCUT2D eigenvalue weighted by Gasteiger charge is 1.91. The van der Waals surface area contributed by atoms with E-state index in [-0.39, 0.29) is 0 Å². The smallest absolute Gasteiger partial charge is 0.115 e. The molecule has 0 atom stereocenters. The van der Waals surface area contributed by atoms with Gasteiger partial charge in [-0.1, -0.05) is 24.3 Å². The quantitative estimate of drug-likeness (QED) is 0.651. The summed E-state index contributed by atoms with van der Waals surface area (Å²) in [5.41, 5.74) is 1.19. The first-order chi connectivity index (χ1) is 6.86. The normalized spacial score (nSPS) is 7.86. The van der Waals surface area contributed by atoms with Crippen molar-refractivity contribution in [1.29, 1.82) is 0 Å². The third-order valence-electron chi connectivity index (χ3n) is 1.33. The molecule has 0 bridgehead atoms. The van der Waals surface area contributed by atoms with Crippen LogP contribution in [0.3, 0.4) is 0 Å². The SMILES string of the molecule is CF.CF.FCc1ccc(CF)cc1. The molecule has 1 rings (SSSR count). The molecule has 0 aliphatic carbocycles. The van der Waals surface area contributed by atoms with Crippen molar-refractivity contribution >= 4 is 0 Å². The summed E-state index contributed by atoms with van der Waals surface area (Å²) in [6.07, 6.45) is 0. The lowest BCUT2D eigenvalue weighted by atomic mass is 10.2. The van der Waals surface area contributed by atoms with Crippen molar-refractivity contribution in [2.24, 2.45) is 0 Å². The minimum atomic E-state index is -0.480. The zero-order valence-corrected chi connectivity index (χ0v) is 8.24. The molecule has 14 heavy (non-hydrogen) atoms. The van der Waals surface area contributed by atoms with Crippen LogP contribution in [0.4, 0.5) is 17.6 Å². The summed E-state index contributed by atoms with van der Waals surface area (Å²) in [4.78, 5) is 0. The van der Waals surface area contributed by atoms with Crippen LogP contribution in [0.5, 0.6) is 0 Å². The predicted octanol–water partition coefficient (Wildman–Crippen LogP) is 3.80. The number of rotatable bonds is 2. The Balaban J connectivity index is 0. The standard InChI is InChI=1S/C8H8F2.2CH3F/c9-5-7-1-2-8(6-10)4-3-7;2*1-2/h1-4H,5-6H2;2*1H3. The molecule has 0 aliphatic rings. The van der Waals surface area contributed by atoms with Crippen LogP contribution in [-0.2, 0) is 13.3 Å². The number of hydrogen-bond acceptors (Lipinski definition) is 0. The van der Waals surface area contributed by atoms with Gasteiger partial charge in [0.1, 0.15) is 13.3 Å². The fourth-order valence-corrected chi connectivity index (χ4v) is 0.717. The molecular formula is C10H14F4. The van der Waals surface area contributed by atoms with Crippen molar-refractivity contribution in [2.75, 3.05) is 14.4 Å². The van der Waals surface area contributed by atoms with Gasteiger partial charge in [0.15, 0.2) is 0 Å². The Morgan fingerprint density at radius 2 is 0.929 bits per heavy atom. The molecule has 1 aromatic rings. The van der Waals surface area contributed by atoms with Crippen LogP contribution in [0.25, 0.3) is 0 Å². The molecule has 0 unspecified atom stereocenters. The number of benzene rings is 1. The van der Waals surface area contributed by atoms with Gasteiger partial charge in [-0.05, 0) is 11.1 Å². The van der Waals surface area contributed by atoms with Gasteiger partial charge in [0.2, 0.25) is 0 Å². The van der Waals surface area contributed by atoms with Gasteiger partial charge < -0.3 is 0 Å². The Kier molecular flexibility index (Phi) is 13.1. The first-order valence-electron chi connectivity index (χ1n) is 3.82. The summed E-state index contributed by atoms with van der Waals surface area (Å²) in [5.74, 6) is 0. The van der Waals surface area contributed by atoms with Crippen LogP contribution >= 0.6 is 0 Å². The van der Waals surface area contributed by atoms with Crippen LogP contribution in [0.15, 0.2) is 24.3 Å². The maximum Gasteiger partial charge on any atom is 0.115 e. The summed E-state index contributed by atoms with van der Waals surface area (Å²) in [7, 11) is 1.00. The van der Waals surface area contributed by atoms with E-state index in [2.05, 4.69) is 0 Å². The third kappa shape index (κ3) is 6.46. The molecular weight excluding hydrogens is 196 g/mol. The van der Waals surface area contributed by atoms with Gasteiger partial charge >= 0.3 is 0 Å². The maximum atomic E-state index is 11.9. The summed E-state index contributed by atoms with van der Waals surface area (Å²) in [6.45, 7) is -0.959. The van der Waals surface area contributed by atoms with Crippen LogP contribution in [0.2, 0.25) is 0 Å². The molecule has 0 saturated heterocycles. The average Bonchev–Trinajstić information content (AvgIpc) is 2.34. The molecule has 0 heterocycles. The van der Waals surface area contributed by atoms with Gasteiger partial charge in [0.25, 0.3) is 0 Å². The third-order valence-corrected chi connectivity index (χ3v) is 1.33. The van der Waals surface area contributed by atoms with Crippen LogP contribution in [0, 0.1) is 0 Å². The molecule has 4 heteroatoms. The molecule has 0 amide bonds. The van der Waals surface area contributed by atoms with E-state index in [0.717, 1.165) is 0 Å².